The second kappa shape index (κ2) is 44.1. The van der Waals surface area contributed by atoms with Crippen molar-refractivity contribution in [3.05, 3.63) is 134 Å². The van der Waals surface area contributed by atoms with Crippen molar-refractivity contribution < 1.29 is 24.5 Å². The van der Waals surface area contributed by atoms with Crippen LogP contribution in [0, 0.1) is 0 Å². The Kier molecular flexibility index (Phi) is 41.1. The summed E-state index contributed by atoms with van der Waals surface area (Å²) in [5.74, 6) is -0.619. The minimum absolute atomic E-state index is 0.000152. The predicted molar refractivity (Wildman–Crippen MR) is 249 cm³/mol. The van der Waals surface area contributed by atoms with Crippen molar-refractivity contribution in [1.29, 1.82) is 0 Å². The van der Waals surface area contributed by atoms with E-state index in [4.69, 9.17) is 4.74 Å². The second-order valence-corrected chi connectivity index (χ2v) is 14.6. The van der Waals surface area contributed by atoms with Crippen molar-refractivity contribution >= 4 is 11.9 Å². The summed E-state index contributed by atoms with van der Waals surface area (Å²) >= 11 is 0. The molecule has 0 radical (unpaired) electrons. The Labute approximate surface area is 354 Å². The summed E-state index contributed by atoms with van der Waals surface area (Å²) in [4.78, 5) is 26.0. The van der Waals surface area contributed by atoms with Crippen LogP contribution in [-0.4, -0.2) is 46.9 Å². The van der Waals surface area contributed by atoms with E-state index in [1.807, 2.05) is 109 Å². The van der Waals surface area contributed by atoms with Crippen molar-refractivity contribution in [1.82, 2.24) is 5.32 Å². The molecule has 0 aromatic heterocycles. The molecule has 0 heterocycles. The number of nitrogens with one attached hydrogen (secondary N) is 1. The largest absolute Gasteiger partial charge is 0.462 e. The van der Waals surface area contributed by atoms with E-state index in [-0.39, 0.29) is 24.9 Å². The fourth-order valence-corrected chi connectivity index (χ4v) is 5.90. The predicted octanol–water partition coefficient (Wildman–Crippen LogP) is 13.1. The molecular weight excluding hydrogens is 719 g/mol. The summed E-state index contributed by atoms with van der Waals surface area (Å²) in [5, 5.41) is 23.5. The zero-order valence-electron chi connectivity index (χ0n) is 36.6. The lowest BCUT2D eigenvalue weighted by Crippen LogP contribution is -2.46. The lowest BCUT2D eigenvalue weighted by molar-refractivity contribution is -0.151. The first-order valence-corrected chi connectivity index (χ1v) is 22.6. The van der Waals surface area contributed by atoms with Gasteiger partial charge in [-0.2, -0.15) is 0 Å². The van der Waals surface area contributed by atoms with Crippen LogP contribution < -0.4 is 5.32 Å². The Hall–Kier alpha value is -4.00. The van der Waals surface area contributed by atoms with Crippen LogP contribution in [-0.2, 0) is 14.3 Å². The molecule has 324 valence electrons. The van der Waals surface area contributed by atoms with Gasteiger partial charge in [-0.1, -0.05) is 219 Å². The Morgan fingerprint density at radius 3 is 1.43 bits per heavy atom. The van der Waals surface area contributed by atoms with Crippen molar-refractivity contribution in [3.63, 3.8) is 0 Å². The topological polar surface area (TPSA) is 95.9 Å². The molecule has 6 nitrogen and oxygen atoms in total. The number of carbonyl (C=O) groups excluding carboxylic acids is 2. The molecule has 3 unspecified atom stereocenters. The summed E-state index contributed by atoms with van der Waals surface area (Å²) in [7, 11) is 0. The van der Waals surface area contributed by atoms with Crippen LogP contribution in [0.5, 0.6) is 0 Å². The van der Waals surface area contributed by atoms with Crippen molar-refractivity contribution in [2.75, 3.05) is 6.61 Å². The van der Waals surface area contributed by atoms with Crippen LogP contribution >= 0.6 is 0 Å². The van der Waals surface area contributed by atoms with Crippen LogP contribution in [0.25, 0.3) is 0 Å². The molecule has 3 N–H and O–H groups in total. The number of aliphatic hydroxyl groups is 2. The summed E-state index contributed by atoms with van der Waals surface area (Å²) in [6, 6.07) is -0.742. The molecule has 3 atom stereocenters. The number of allylic oxidation sites excluding steroid dienone is 22. The SMILES string of the molecule is CC\C=C/C=C/C=C/C=C\C=C\C=C\CCCCCC(=O)OC(CCC/C=C/C=C\C=C/C=C/C=C/CC)CC(=O)NC(CO)C(O)CCCCCCCCCCC. The molecule has 58 heavy (non-hydrogen) atoms. The molecule has 1 amide bonds. The number of hydrogen-bond acceptors (Lipinski definition) is 5. The highest BCUT2D eigenvalue weighted by molar-refractivity contribution is 5.77. The molecule has 0 aliphatic carbocycles. The minimum Gasteiger partial charge on any atom is -0.462 e. The van der Waals surface area contributed by atoms with Gasteiger partial charge in [0.15, 0.2) is 0 Å². The first-order valence-electron chi connectivity index (χ1n) is 22.6. The van der Waals surface area contributed by atoms with Crippen LogP contribution in [0.15, 0.2) is 134 Å². The Morgan fingerprint density at radius 1 is 0.517 bits per heavy atom. The van der Waals surface area contributed by atoms with Crippen molar-refractivity contribution in [2.45, 2.75) is 174 Å². The number of aliphatic hydroxyl groups excluding tert-OH is 2. The van der Waals surface area contributed by atoms with Crippen molar-refractivity contribution in [2.24, 2.45) is 0 Å². The number of hydrogen-bond donors (Lipinski definition) is 3. The summed E-state index contributed by atoms with van der Waals surface area (Å²) < 4.78 is 5.84. The third-order valence-electron chi connectivity index (χ3n) is 9.26. The van der Waals surface area contributed by atoms with Gasteiger partial charge in [-0.05, 0) is 57.8 Å². The standard InChI is InChI=1S/C52H81NO5/c1-4-7-10-13-16-19-21-23-24-25-26-28-30-33-36-39-42-45-52(57)58-48(43-40-37-34-32-29-27-22-20-17-14-11-8-5-2)46-51(56)53-49(47-54)50(55)44-41-38-35-31-18-15-12-9-6-3/h7-8,10-11,13-14,16-17,19-30,32,34,48-50,54-55H,4-6,9,12,15,18,31,33,35-47H2,1-3H3,(H,53,56)/b10-7-,11-8+,16-13+,17-14+,21-19+,22-20-,24-23-,26-25+,29-27-,30-28+,34-32+. The molecule has 0 rings (SSSR count). The van der Waals surface area contributed by atoms with Gasteiger partial charge in [0.2, 0.25) is 5.91 Å². The van der Waals surface area contributed by atoms with E-state index in [9.17, 15) is 19.8 Å². The molecule has 0 aliphatic rings. The average Bonchev–Trinajstić information content (AvgIpc) is 3.22. The minimum atomic E-state index is -0.822. The number of ether oxygens (including phenoxy) is 1. The van der Waals surface area contributed by atoms with Crippen LogP contribution in [0.1, 0.15) is 156 Å². The Bertz CT molecular complexity index is 1310. The maximum Gasteiger partial charge on any atom is 0.306 e. The first-order chi connectivity index (χ1) is 28.5. The van der Waals surface area contributed by atoms with Crippen molar-refractivity contribution in [3.8, 4) is 0 Å². The molecule has 6 heteroatoms. The van der Waals surface area contributed by atoms with E-state index in [1.165, 1.54) is 38.5 Å². The lowest BCUT2D eigenvalue weighted by atomic mass is 10.0. The number of esters is 1. The lowest BCUT2D eigenvalue weighted by Gasteiger charge is -2.24. The number of rotatable bonds is 37. The third-order valence-corrected chi connectivity index (χ3v) is 9.26. The van der Waals surface area contributed by atoms with E-state index >= 15 is 0 Å². The molecule has 0 aromatic carbocycles. The molecule has 0 fully saturated rings. The zero-order valence-corrected chi connectivity index (χ0v) is 36.6. The summed E-state index contributed by atoms with van der Waals surface area (Å²) in [6.07, 6.45) is 62.2. The van der Waals surface area contributed by atoms with Crippen LogP contribution in [0.2, 0.25) is 0 Å². The molecule has 0 aliphatic heterocycles. The average molecular weight is 800 g/mol. The smallest absolute Gasteiger partial charge is 0.306 e. The van der Waals surface area contributed by atoms with Gasteiger partial charge in [0.05, 0.1) is 25.2 Å². The third kappa shape index (κ3) is 38.9. The molecule has 0 saturated heterocycles. The van der Waals surface area contributed by atoms with Gasteiger partial charge in [0.25, 0.3) is 0 Å². The van der Waals surface area contributed by atoms with E-state index in [0.717, 1.165) is 70.6 Å². The normalized spacial score (nSPS) is 14.6. The van der Waals surface area contributed by atoms with Gasteiger partial charge < -0.3 is 20.3 Å². The maximum atomic E-state index is 13.1. The van der Waals surface area contributed by atoms with Gasteiger partial charge in [-0.25, -0.2) is 0 Å². The highest BCUT2D eigenvalue weighted by atomic mass is 16.5. The van der Waals surface area contributed by atoms with Gasteiger partial charge in [0, 0.05) is 6.42 Å². The highest BCUT2D eigenvalue weighted by Crippen LogP contribution is 2.15. The van der Waals surface area contributed by atoms with Gasteiger partial charge >= 0.3 is 5.97 Å². The summed E-state index contributed by atoms with van der Waals surface area (Å²) in [5.41, 5.74) is 0. The van der Waals surface area contributed by atoms with Crippen LogP contribution in [0.3, 0.4) is 0 Å². The molecular formula is C52H81NO5. The van der Waals surface area contributed by atoms with Gasteiger partial charge in [-0.3, -0.25) is 9.59 Å². The van der Waals surface area contributed by atoms with E-state index < -0.39 is 18.2 Å². The highest BCUT2D eigenvalue weighted by Gasteiger charge is 2.23. The zero-order chi connectivity index (χ0) is 42.4. The Balaban J connectivity index is 4.86. The number of unbranched alkanes of at least 4 members (excludes halogenated alkanes) is 12. The fourth-order valence-electron chi connectivity index (χ4n) is 5.90. The maximum absolute atomic E-state index is 13.1. The fraction of sp³-hybridized carbons (Fsp3) is 0.538. The number of carbonyl (C=O) groups is 2. The molecule has 0 aromatic rings. The van der Waals surface area contributed by atoms with Crippen LogP contribution in [0.4, 0.5) is 0 Å². The molecule has 0 saturated carbocycles. The molecule has 0 spiro atoms. The van der Waals surface area contributed by atoms with Gasteiger partial charge in [-0.15, -0.1) is 0 Å². The van der Waals surface area contributed by atoms with E-state index in [2.05, 4.69) is 50.4 Å². The van der Waals surface area contributed by atoms with Gasteiger partial charge in [0.1, 0.15) is 6.10 Å². The van der Waals surface area contributed by atoms with E-state index in [0.29, 0.717) is 19.3 Å². The van der Waals surface area contributed by atoms with E-state index in [1.54, 1.807) is 0 Å². The number of amides is 1. The monoisotopic (exact) mass is 800 g/mol. The molecule has 0 bridgehead atoms. The second-order valence-electron chi connectivity index (χ2n) is 14.6. The Morgan fingerprint density at radius 2 is 0.948 bits per heavy atom. The quantitative estimate of drug-likeness (QED) is 0.0330. The first kappa shape index (κ1) is 54.0. The summed E-state index contributed by atoms with van der Waals surface area (Å²) in [6.45, 7) is 6.10.